The van der Waals surface area contributed by atoms with Crippen molar-refractivity contribution in [1.82, 2.24) is 19.9 Å². The van der Waals surface area contributed by atoms with Crippen molar-refractivity contribution in [3.05, 3.63) is 82.6 Å². The molecule has 4 aromatic rings. The Morgan fingerprint density at radius 1 is 1.07 bits per heavy atom. The molecule has 5 heteroatoms. The number of aryl methyl sites for hydroxylation is 4. The molecule has 2 aromatic carbocycles. The Labute approximate surface area is 170 Å². The molecule has 0 saturated carbocycles. The lowest BCUT2D eigenvalue weighted by Crippen LogP contribution is -2.25. The Morgan fingerprint density at radius 3 is 2.59 bits per heavy atom. The third-order valence-corrected chi connectivity index (χ3v) is 5.58. The van der Waals surface area contributed by atoms with Crippen LogP contribution >= 0.6 is 0 Å². The summed E-state index contributed by atoms with van der Waals surface area (Å²) in [4.78, 5) is 20.6. The summed E-state index contributed by atoms with van der Waals surface area (Å²) >= 11 is 0. The molecule has 5 nitrogen and oxygen atoms in total. The number of rotatable bonds is 5. The fraction of sp³-hybridized carbons (Fsp3) is 0.250. The van der Waals surface area contributed by atoms with Crippen LogP contribution in [-0.2, 0) is 17.8 Å². The standard InChI is InChI=1S/C24H26N4O/c1-15-9-10-16(2)24-23(15)20(17(3)27-24)13-22(29)26-14-19-7-5-6-8-21(19)28-12-11-25-18(28)4/h5-12,27H,13-14H2,1-4H3,(H,26,29). The number of carbonyl (C=O) groups excluding carboxylic acids is 1. The van der Waals surface area contributed by atoms with Gasteiger partial charge in [-0.05, 0) is 56.0 Å². The van der Waals surface area contributed by atoms with Crippen LogP contribution in [0, 0.1) is 27.7 Å². The molecule has 0 aliphatic carbocycles. The van der Waals surface area contributed by atoms with E-state index in [9.17, 15) is 4.79 Å². The maximum absolute atomic E-state index is 12.8. The van der Waals surface area contributed by atoms with Gasteiger partial charge in [-0.1, -0.05) is 30.3 Å². The molecule has 4 rings (SSSR count). The van der Waals surface area contributed by atoms with Crippen LogP contribution < -0.4 is 5.32 Å². The average molecular weight is 386 g/mol. The van der Waals surface area contributed by atoms with Gasteiger partial charge in [0.15, 0.2) is 0 Å². The maximum atomic E-state index is 12.8. The molecule has 0 unspecified atom stereocenters. The summed E-state index contributed by atoms with van der Waals surface area (Å²) in [5.41, 5.74) is 7.76. The lowest BCUT2D eigenvalue weighted by atomic mass is 10.0. The fourth-order valence-corrected chi connectivity index (χ4v) is 3.98. The number of hydrogen-bond donors (Lipinski definition) is 2. The Hall–Kier alpha value is -3.34. The second-order valence-corrected chi connectivity index (χ2v) is 7.60. The van der Waals surface area contributed by atoms with E-state index in [1.165, 1.54) is 16.5 Å². The summed E-state index contributed by atoms with van der Waals surface area (Å²) in [7, 11) is 0. The van der Waals surface area contributed by atoms with E-state index < -0.39 is 0 Å². The van der Waals surface area contributed by atoms with Crippen LogP contribution in [0.4, 0.5) is 0 Å². The Kier molecular flexibility index (Phi) is 4.97. The topological polar surface area (TPSA) is 62.7 Å². The molecule has 0 fully saturated rings. The van der Waals surface area contributed by atoms with Crippen molar-refractivity contribution in [1.29, 1.82) is 0 Å². The first-order valence-electron chi connectivity index (χ1n) is 9.88. The molecule has 2 aromatic heterocycles. The molecule has 1 amide bonds. The molecular formula is C24H26N4O. The van der Waals surface area contributed by atoms with Crippen molar-refractivity contribution in [2.24, 2.45) is 0 Å². The second-order valence-electron chi connectivity index (χ2n) is 7.60. The zero-order chi connectivity index (χ0) is 20.5. The summed E-state index contributed by atoms with van der Waals surface area (Å²) in [5.74, 6) is 0.941. The van der Waals surface area contributed by atoms with Gasteiger partial charge >= 0.3 is 0 Å². The van der Waals surface area contributed by atoms with Gasteiger partial charge in [-0.2, -0.15) is 0 Å². The summed E-state index contributed by atoms with van der Waals surface area (Å²) in [6.07, 6.45) is 4.09. The van der Waals surface area contributed by atoms with Crippen LogP contribution in [0.5, 0.6) is 0 Å². The van der Waals surface area contributed by atoms with Crippen molar-refractivity contribution in [2.45, 2.75) is 40.7 Å². The molecule has 0 bridgehead atoms. The number of carbonyl (C=O) groups is 1. The number of fused-ring (bicyclic) bond motifs is 1. The number of benzene rings is 2. The monoisotopic (exact) mass is 386 g/mol. The summed E-state index contributed by atoms with van der Waals surface area (Å²) in [6.45, 7) is 8.68. The van der Waals surface area contributed by atoms with E-state index in [-0.39, 0.29) is 5.91 Å². The average Bonchev–Trinajstić information content (AvgIpc) is 3.27. The maximum Gasteiger partial charge on any atom is 0.224 e. The van der Waals surface area contributed by atoms with Crippen LogP contribution in [0.2, 0.25) is 0 Å². The van der Waals surface area contributed by atoms with Gasteiger partial charge in [-0.15, -0.1) is 0 Å². The highest BCUT2D eigenvalue weighted by Crippen LogP contribution is 2.28. The molecule has 0 aliphatic rings. The van der Waals surface area contributed by atoms with Gasteiger partial charge in [0.05, 0.1) is 12.1 Å². The number of aromatic amines is 1. The minimum atomic E-state index is 0.0204. The molecule has 0 spiro atoms. The van der Waals surface area contributed by atoms with Gasteiger partial charge in [0, 0.05) is 35.5 Å². The highest BCUT2D eigenvalue weighted by molar-refractivity contribution is 5.93. The molecule has 0 aliphatic heterocycles. The molecule has 148 valence electrons. The normalized spacial score (nSPS) is 11.2. The van der Waals surface area contributed by atoms with Crippen molar-refractivity contribution >= 4 is 16.8 Å². The van der Waals surface area contributed by atoms with E-state index >= 15 is 0 Å². The molecule has 0 atom stereocenters. The number of hydrogen-bond acceptors (Lipinski definition) is 2. The van der Waals surface area contributed by atoms with Crippen LogP contribution in [-0.4, -0.2) is 20.4 Å². The Bertz CT molecular complexity index is 1200. The first-order valence-corrected chi connectivity index (χ1v) is 9.88. The fourth-order valence-electron chi connectivity index (χ4n) is 3.98. The number of nitrogens with zero attached hydrogens (tertiary/aromatic N) is 2. The number of nitrogens with one attached hydrogen (secondary N) is 2. The lowest BCUT2D eigenvalue weighted by Gasteiger charge is -2.13. The Balaban J connectivity index is 1.54. The first kappa shape index (κ1) is 19.0. The number of amides is 1. The largest absolute Gasteiger partial charge is 0.358 e. The quantitative estimate of drug-likeness (QED) is 0.532. The number of para-hydroxylation sites is 1. The highest BCUT2D eigenvalue weighted by Gasteiger charge is 2.16. The van der Waals surface area contributed by atoms with Gasteiger partial charge < -0.3 is 14.9 Å². The summed E-state index contributed by atoms with van der Waals surface area (Å²) in [6, 6.07) is 12.3. The third kappa shape index (κ3) is 3.56. The Morgan fingerprint density at radius 2 is 1.83 bits per heavy atom. The highest BCUT2D eigenvalue weighted by atomic mass is 16.1. The molecule has 0 radical (unpaired) electrons. The smallest absolute Gasteiger partial charge is 0.224 e. The summed E-state index contributed by atoms with van der Waals surface area (Å²) < 4.78 is 2.04. The van der Waals surface area contributed by atoms with Crippen LogP contribution in [0.25, 0.3) is 16.6 Å². The molecule has 29 heavy (non-hydrogen) atoms. The van der Waals surface area contributed by atoms with Gasteiger partial charge in [0.1, 0.15) is 5.82 Å². The zero-order valence-electron chi connectivity index (χ0n) is 17.3. The number of imidazole rings is 1. The van der Waals surface area contributed by atoms with Crippen molar-refractivity contribution in [2.75, 3.05) is 0 Å². The van der Waals surface area contributed by atoms with Gasteiger partial charge in [0.2, 0.25) is 5.91 Å². The van der Waals surface area contributed by atoms with Crippen LogP contribution in [0.1, 0.15) is 33.8 Å². The second kappa shape index (κ2) is 7.59. The number of H-pyrrole nitrogens is 1. The molecule has 0 saturated heterocycles. The zero-order valence-corrected chi connectivity index (χ0v) is 17.3. The van der Waals surface area contributed by atoms with Crippen LogP contribution in [0.15, 0.2) is 48.8 Å². The van der Waals surface area contributed by atoms with E-state index in [1.807, 2.05) is 48.9 Å². The molecular weight excluding hydrogens is 360 g/mol. The van der Waals surface area contributed by atoms with Crippen molar-refractivity contribution in [3.63, 3.8) is 0 Å². The van der Waals surface area contributed by atoms with Crippen LogP contribution in [0.3, 0.4) is 0 Å². The minimum absolute atomic E-state index is 0.0204. The van der Waals surface area contributed by atoms with E-state index in [4.69, 9.17) is 0 Å². The van der Waals surface area contributed by atoms with E-state index in [0.29, 0.717) is 13.0 Å². The first-order chi connectivity index (χ1) is 14.0. The predicted molar refractivity (Wildman–Crippen MR) is 116 cm³/mol. The summed E-state index contributed by atoms with van der Waals surface area (Å²) in [5, 5.41) is 4.27. The van der Waals surface area contributed by atoms with E-state index in [1.54, 1.807) is 6.20 Å². The number of aromatic nitrogens is 3. The van der Waals surface area contributed by atoms with Gasteiger partial charge in [-0.25, -0.2) is 4.98 Å². The molecule has 2 heterocycles. The molecule has 2 N–H and O–H groups in total. The van der Waals surface area contributed by atoms with Gasteiger partial charge in [0.25, 0.3) is 0 Å². The van der Waals surface area contributed by atoms with Crippen molar-refractivity contribution in [3.8, 4) is 5.69 Å². The minimum Gasteiger partial charge on any atom is -0.358 e. The van der Waals surface area contributed by atoms with Gasteiger partial charge in [-0.3, -0.25) is 4.79 Å². The lowest BCUT2D eigenvalue weighted by molar-refractivity contribution is -0.120. The predicted octanol–water partition coefficient (Wildman–Crippen LogP) is 4.45. The van der Waals surface area contributed by atoms with E-state index in [0.717, 1.165) is 33.8 Å². The third-order valence-electron chi connectivity index (χ3n) is 5.58. The SMILES string of the molecule is Cc1[nH]c2c(C)ccc(C)c2c1CC(=O)NCc1ccccc1-n1ccnc1C. The van der Waals surface area contributed by atoms with E-state index in [2.05, 4.69) is 41.3 Å². The van der Waals surface area contributed by atoms with Crippen molar-refractivity contribution < 1.29 is 4.79 Å².